The van der Waals surface area contributed by atoms with Gasteiger partial charge in [0.15, 0.2) is 0 Å². The van der Waals surface area contributed by atoms with Gasteiger partial charge in [-0.25, -0.2) is 4.98 Å². The van der Waals surface area contributed by atoms with Crippen LogP contribution < -0.4 is 0 Å². The molecule has 0 N–H and O–H groups in total. The molecule has 22 heavy (non-hydrogen) atoms. The summed E-state index contributed by atoms with van der Waals surface area (Å²) in [4.78, 5) is 19.2. The summed E-state index contributed by atoms with van der Waals surface area (Å²) in [5, 5.41) is 2.06. The van der Waals surface area contributed by atoms with Crippen molar-refractivity contribution in [3.63, 3.8) is 0 Å². The topological polar surface area (TPSA) is 33.2 Å². The van der Waals surface area contributed by atoms with Crippen molar-refractivity contribution >= 4 is 28.6 Å². The Bertz CT molecular complexity index is 708. The van der Waals surface area contributed by atoms with Gasteiger partial charge in [0.05, 0.1) is 15.8 Å². The van der Waals surface area contributed by atoms with Crippen molar-refractivity contribution in [2.24, 2.45) is 0 Å². The van der Waals surface area contributed by atoms with E-state index in [2.05, 4.69) is 38.1 Å². The highest BCUT2D eigenvalue weighted by molar-refractivity contribution is 8.00. The number of hydrogen-bond acceptors (Lipinski definition) is 3. The molecular weight excluding hydrogens is 292 g/mol. The Labute approximate surface area is 136 Å². The molecule has 1 saturated heterocycles. The number of aryl methyl sites for hydroxylation is 2. The lowest BCUT2D eigenvalue weighted by molar-refractivity contribution is -0.129. The molecule has 1 amide bonds. The third kappa shape index (κ3) is 2.98. The van der Waals surface area contributed by atoms with E-state index in [1.165, 1.54) is 16.5 Å². The molecule has 0 aliphatic carbocycles. The van der Waals surface area contributed by atoms with Crippen LogP contribution in [0.15, 0.2) is 29.3 Å². The molecule has 1 aliphatic heterocycles. The van der Waals surface area contributed by atoms with Crippen molar-refractivity contribution in [2.45, 2.75) is 43.9 Å². The number of pyridine rings is 1. The maximum Gasteiger partial charge on any atom is 0.235 e. The van der Waals surface area contributed by atoms with Crippen molar-refractivity contribution < 1.29 is 4.79 Å². The van der Waals surface area contributed by atoms with Crippen molar-refractivity contribution in [3.8, 4) is 0 Å². The lowest BCUT2D eigenvalue weighted by atomic mass is 10.1. The standard InChI is InChI=1S/C18H22N2OS/c1-12-7-6-8-15-13(2)11-16(19-17(12)15)22-14(3)18(21)20-9-4-5-10-20/h6-8,11,14H,4-5,9-10H2,1-3H3/t14-/m1/s1. The number of carbonyl (C=O) groups is 1. The number of nitrogens with zero attached hydrogens (tertiary/aromatic N) is 2. The molecule has 0 bridgehead atoms. The SMILES string of the molecule is Cc1cc(S[C@H](C)C(=O)N2CCCC2)nc2c(C)cccc12. The zero-order valence-corrected chi connectivity index (χ0v) is 14.2. The van der Waals surface area contributed by atoms with E-state index in [4.69, 9.17) is 4.98 Å². The van der Waals surface area contributed by atoms with Gasteiger partial charge >= 0.3 is 0 Å². The Kier molecular flexibility index (Phi) is 4.39. The summed E-state index contributed by atoms with van der Waals surface area (Å²) in [6.45, 7) is 8.01. The van der Waals surface area contributed by atoms with Crippen LogP contribution >= 0.6 is 11.8 Å². The van der Waals surface area contributed by atoms with Gasteiger partial charge in [-0.1, -0.05) is 30.0 Å². The van der Waals surface area contributed by atoms with Crippen molar-refractivity contribution in [1.82, 2.24) is 9.88 Å². The largest absolute Gasteiger partial charge is 0.342 e. The molecule has 4 heteroatoms. The van der Waals surface area contributed by atoms with E-state index in [-0.39, 0.29) is 11.2 Å². The minimum atomic E-state index is -0.0773. The number of rotatable bonds is 3. The van der Waals surface area contributed by atoms with Gasteiger partial charge in [-0.2, -0.15) is 0 Å². The maximum atomic E-state index is 12.4. The highest BCUT2D eigenvalue weighted by Crippen LogP contribution is 2.29. The molecule has 1 aromatic carbocycles. The first-order chi connectivity index (χ1) is 10.6. The second-order valence-electron chi connectivity index (χ2n) is 6.04. The maximum absolute atomic E-state index is 12.4. The van der Waals surface area contributed by atoms with Gasteiger partial charge in [-0.3, -0.25) is 4.79 Å². The number of hydrogen-bond donors (Lipinski definition) is 0. The van der Waals surface area contributed by atoms with Crippen molar-refractivity contribution in [2.75, 3.05) is 13.1 Å². The molecule has 0 spiro atoms. The number of carbonyl (C=O) groups excluding carboxylic acids is 1. The lowest BCUT2D eigenvalue weighted by Gasteiger charge is -2.20. The second-order valence-corrected chi connectivity index (χ2v) is 7.40. The molecule has 3 nitrogen and oxygen atoms in total. The summed E-state index contributed by atoms with van der Waals surface area (Å²) in [5.41, 5.74) is 3.45. The summed E-state index contributed by atoms with van der Waals surface area (Å²) < 4.78 is 0. The van der Waals surface area contributed by atoms with Crippen LogP contribution in [-0.2, 0) is 4.79 Å². The van der Waals surface area contributed by atoms with Crippen molar-refractivity contribution in [3.05, 3.63) is 35.4 Å². The Morgan fingerprint density at radius 3 is 2.68 bits per heavy atom. The molecule has 1 aromatic heterocycles. The van der Waals surface area contributed by atoms with Gasteiger partial charge in [0, 0.05) is 18.5 Å². The third-order valence-electron chi connectivity index (χ3n) is 4.29. The molecule has 1 atom stereocenters. The zero-order valence-electron chi connectivity index (χ0n) is 13.4. The summed E-state index contributed by atoms with van der Waals surface area (Å²) in [6.07, 6.45) is 2.27. The summed E-state index contributed by atoms with van der Waals surface area (Å²) in [7, 11) is 0. The van der Waals surface area contributed by atoms with Gasteiger partial charge in [0.2, 0.25) is 5.91 Å². The lowest BCUT2D eigenvalue weighted by Crippen LogP contribution is -2.34. The van der Waals surface area contributed by atoms with Crippen LogP contribution in [0.5, 0.6) is 0 Å². The highest BCUT2D eigenvalue weighted by Gasteiger charge is 2.24. The quantitative estimate of drug-likeness (QED) is 0.804. The van der Waals surface area contributed by atoms with E-state index in [1.54, 1.807) is 11.8 Å². The number of fused-ring (bicyclic) bond motifs is 1. The number of thioether (sulfide) groups is 1. The first-order valence-electron chi connectivity index (χ1n) is 7.88. The fraction of sp³-hybridized carbons (Fsp3) is 0.444. The molecule has 3 rings (SSSR count). The Balaban J connectivity index is 1.84. The summed E-state index contributed by atoms with van der Waals surface area (Å²) >= 11 is 1.57. The molecule has 116 valence electrons. The average Bonchev–Trinajstić information content (AvgIpc) is 3.02. The fourth-order valence-corrected chi connectivity index (χ4v) is 4.02. The average molecular weight is 314 g/mol. The predicted molar refractivity (Wildman–Crippen MR) is 92.4 cm³/mol. The Hall–Kier alpha value is -1.55. The first kappa shape index (κ1) is 15.3. The van der Waals surface area contributed by atoms with Crippen LogP contribution in [0.4, 0.5) is 0 Å². The first-order valence-corrected chi connectivity index (χ1v) is 8.76. The number of benzene rings is 1. The van der Waals surface area contributed by atoms with E-state index < -0.39 is 0 Å². The fourth-order valence-electron chi connectivity index (χ4n) is 3.02. The predicted octanol–water partition coefficient (Wildman–Crippen LogP) is 3.95. The third-order valence-corrected chi connectivity index (χ3v) is 5.29. The number of likely N-dealkylation sites (tertiary alicyclic amines) is 1. The van der Waals surface area contributed by atoms with Crippen LogP contribution in [0.2, 0.25) is 0 Å². The summed E-state index contributed by atoms with van der Waals surface area (Å²) in [5.74, 6) is 0.242. The molecule has 0 radical (unpaired) electrons. The molecule has 1 aliphatic rings. The molecule has 0 unspecified atom stereocenters. The van der Waals surface area contributed by atoms with Gasteiger partial charge < -0.3 is 4.90 Å². The van der Waals surface area contributed by atoms with Gasteiger partial charge in [-0.15, -0.1) is 0 Å². The minimum absolute atomic E-state index is 0.0773. The monoisotopic (exact) mass is 314 g/mol. The van der Waals surface area contributed by atoms with Crippen LogP contribution in [0.3, 0.4) is 0 Å². The van der Waals surface area contributed by atoms with E-state index >= 15 is 0 Å². The molecule has 1 fully saturated rings. The van der Waals surface area contributed by atoms with Crippen molar-refractivity contribution in [1.29, 1.82) is 0 Å². The number of amides is 1. The zero-order chi connectivity index (χ0) is 15.7. The van der Waals surface area contributed by atoms with Gasteiger partial charge in [0.25, 0.3) is 0 Å². The summed E-state index contributed by atoms with van der Waals surface area (Å²) in [6, 6.07) is 8.36. The smallest absolute Gasteiger partial charge is 0.235 e. The van der Waals surface area contributed by atoms with E-state index in [0.29, 0.717) is 0 Å². The van der Waals surface area contributed by atoms with E-state index in [1.807, 2.05) is 11.8 Å². The van der Waals surface area contributed by atoms with Crippen LogP contribution in [0.1, 0.15) is 30.9 Å². The normalized spacial score (nSPS) is 16.2. The molecular formula is C18H22N2OS. The Morgan fingerprint density at radius 2 is 1.95 bits per heavy atom. The second kappa shape index (κ2) is 6.29. The highest BCUT2D eigenvalue weighted by atomic mass is 32.2. The molecule has 2 heterocycles. The molecule has 0 saturated carbocycles. The van der Waals surface area contributed by atoms with E-state index in [0.717, 1.165) is 36.5 Å². The minimum Gasteiger partial charge on any atom is -0.342 e. The van der Waals surface area contributed by atoms with Gasteiger partial charge in [-0.05, 0) is 50.8 Å². The number of aromatic nitrogens is 1. The number of para-hydroxylation sites is 1. The van der Waals surface area contributed by atoms with E-state index in [9.17, 15) is 4.79 Å². The van der Waals surface area contributed by atoms with Crippen LogP contribution in [0, 0.1) is 13.8 Å². The molecule has 2 aromatic rings. The van der Waals surface area contributed by atoms with Crippen LogP contribution in [0.25, 0.3) is 10.9 Å². The Morgan fingerprint density at radius 1 is 1.23 bits per heavy atom. The van der Waals surface area contributed by atoms with Gasteiger partial charge in [0.1, 0.15) is 0 Å². The van der Waals surface area contributed by atoms with Crippen LogP contribution in [-0.4, -0.2) is 34.1 Å².